The van der Waals surface area contributed by atoms with Crippen LogP contribution in [0.4, 0.5) is 0 Å². The quantitative estimate of drug-likeness (QED) is 0.840. The number of hydrogen-bond donors (Lipinski definition) is 1. The molecule has 2 heteroatoms. The fourth-order valence-corrected chi connectivity index (χ4v) is 2.58. The van der Waals surface area contributed by atoms with Crippen LogP contribution in [0.3, 0.4) is 0 Å². The fraction of sp³-hybridized carbons (Fsp3) is 0.643. The first-order valence-corrected chi connectivity index (χ1v) is 6.44. The first kappa shape index (κ1) is 11.6. The van der Waals surface area contributed by atoms with Gasteiger partial charge in [0.15, 0.2) is 0 Å². The molecule has 0 saturated heterocycles. The van der Waals surface area contributed by atoms with Crippen LogP contribution in [0.25, 0.3) is 0 Å². The standard InChI is InChI=1S/C14H22N2/c1-3-12-7-8-13(9-12)15-10-14-6-4-5-11(2)16-14/h4-6,12-13,15H,3,7-10H2,1-2H3. The molecule has 0 amide bonds. The van der Waals surface area contributed by atoms with E-state index in [1.54, 1.807) is 0 Å². The summed E-state index contributed by atoms with van der Waals surface area (Å²) in [7, 11) is 0. The molecule has 0 spiro atoms. The fourth-order valence-electron chi connectivity index (χ4n) is 2.58. The molecular weight excluding hydrogens is 196 g/mol. The molecule has 2 rings (SSSR count). The Balaban J connectivity index is 1.80. The molecule has 88 valence electrons. The Bertz CT molecular complexity index is 335. The Hall–Kier alpha value is -0.890. The van der Waals surface area contributed by atoms with Gasteiger partial charge in [0.05, 0.1) is 5.69 Å². The predicted molar refractivity (Wildman–Crippen MR) is 67.2 cm³/mol. The van der Waals surface area contributed by atoms with Crippen LogP contribution in [0.2, 0.25) is 0 Å². The second kappa shape index (κ2) is 5.44. The lowest BCUT2D eigenvalue weighted by Gasteiger charge is -2.12. The zero-order valence-corrected chi connectivity index (χ0v) is 10.4. The van der Waals surface area contributed by atoms with Crippen molar-refractivity contribution in [2.75, 3.05) is 0 Å². The van der Waals surface area contributed by atoms with E-state index in [1.807, 2.05) is 13.0 Å². The van der Waals surface area contributed by atoms with Gasteiger partial charge in [-0.2, -0.15) is 0 Å². The van der Waals surface area contributed by atoms with E-state index < -0.39 is 0 Å². The lowest BCUT2D eigenvalue weighted by Crippen LogP contribution is -2.26. The number of hydrogen-bond acceptors (Lipinski definition) is 2. The summed E-state index contributed by atoms with van der Waals surface area (Å²) < 4.78 is 0. The maximum absolute atomic E-state index is 4.51. The van der Waals surface area contributed by atoms with Crippen LogP contribution in [0.15, 0.2) is 18.2 Å². The Morgan fingerprint density at radius 3 is 2.94 bits per heavy atom. The summed E-state index contributed by atoms with van der Waals surface area (Å²) in [5.41, 5.74) is 2.28. The number of pyridine rings is 1. The number of aryl methyl sites for hydroxylation is 1. The minimum atomic E-state index is 0.715. The number of nitrogens with zero attached hydrogens (tertiary/aromatic N) is 1. The van der Waals surface area contributed by atoms with Crippen LogP contribution in [-0.2, 0) is 6.54 Å². The summed E-state index contributed by atoms with van der Waals surface area (Å²) in [5.74, 6) is 0.947. The van der Waals surface area contributed by atoms with Crippen molar-refractivity contribution in [3.63, 3.8) is 0 Å². The maximum atomic E-state index is 4.51. The van der Waals surface area contributed by atoms with E-state index in [1.165, 1.54) is 31.4 Å². The highest BCUT2D eigenvalue weighted by atomic mass is 14.9. The van der Waals surface area contributed by atoms with E-state index in [2.05, 4.69) is 29.4 Å². The minimum Gasteiger partial charge on any atom is -0.308 e. The molecule has 1 aliphatic rings. The van der Waals surface area contributed by atoms with Crippen molar-refractivity contribution < 1.29 is 0 Å². The summed E-state index contributed by atoms with van der Waals surface area (Å²) in [6.07, 6.45) is 5.42. The lowest BCUT2D eigenvalue weighted by atomic mass is 10.1. The molecular formula is C14H22N2. The lowest BCUT2D eigenvalue weighted by molar-refractivity contribution is 0.474. The van der Waals surface area contributed by atoms with Crippen molar-refractivity contribution in [1.82, 2.24) is 10.3 Å². The van der Waals surface area contributed by atoms with Crippen molar-refractivity contribution in [3.8, 4) is 0 Å². The Labute approximate surface area is 98.5 Å². The van der Waals surface area contributed by atoms with E-state index in [9.17, 15) is 0 Å². The van der Waals surface area contributed by atoms with Gasteiger partial charge in [-0.15, -0.1) is 0 Å². The van der Waals surface area contributed by atoms with E-state index in [0.717, 1.165) is 18.2 Å². The Morgan fingerprint density at radius 2 is 2.25 bits per heavy atom. The number of aromatic nitrogens is 1. The smallest absolute Gasteiger partial charge is 0.0544 e. The maximum Gasteiger partial charge on any atom is 0.0544 e. The van der Waals surface area contributed by atoms with E-state index in [4.69, 9.17) is 0 Å². The molecule has 2 nitrogen and oxygen atoms in total. The molecule has 1 heterocycles. The van der Waals surface area contributed by atoms with Crippen molar-refractivity contribution in [2.45, 2.75) is 52.1 Å². The van der Waals surface area contributed by atoms with Gasteiger partial charge in [-0.1, -0.05) is 19.4 Å². The van der Waals surface area contributed by atoms with Crippen molar-refractivity contribution in [2.24, 2.45) is 5.92 Å². The third-order valence-electron chi connectivity index (χ3n) is 3.64. The molecule has 0 bridgehead atoms. The predicted octanol–water partition coefficient (Wildman–Crippen LogP) is 3.06. The zero-order valence-electron chi connectivity index (χ0n) is 10.4. The van der Waals surface area contributed by atoms with E-state index in [-0.39, 0.29) is 0 Å². The summed E-state index contributed by atoms with van der Waals surface area (Å²) in [5, 5.41) is 3.63. The molecule has 1 aromatic rings. The average Bonchev–Trinajstić information content (AvgIpc) is 2.74. The van der Waals surface area contributed by atoms with Crippen molar-refractivity contribution in [3.05, 3.63) is 29.6 Å². The molecule has 16 heavy (non-hydrogen) atoms. The normalized spacial score (nSPS) is 24.9. The van der Waals surface area contributed by atoms with Gasteiger partial charge >= 0.3 is 0 Å². The van der Waals surface area contributed by atoms with Crippen molar-refractivity contribution in [1.29, 1.82) is 0 Å². The highest BCUT2D eigenvalue weighted by Gasteiger charge is 2.22. The van der Waals surface area contributed by atoms with Crippen LogP contribution >= 0.6 is 0 Å². The second-order valence-corrected chi connectivity index (χ2v) is 4.94. The summed E-state index contributed by atoms with van der Waals surface area (Å²) in [6, 6.07) is 6.95. The van der Waals surface area contributed by atoms with Crippen LogP contribution in [-0.4, -0.2) is 11.0 Å². The Kier molecular flexibility index (Phi) is 3.94. The van der Waals surface area contributed by atoms with Gasteiger partial charge in [0, 0.05) is 18.3 Å². The van der Waals surface area contributed by atoms with Gasteiger partial charge in [0.2, 0.25) is 0 Å². The molecule has 1 aliphatic carbocycles. The van der Waals surface area contributed by atoms with Gasteiger partial charge in [-0.3, -0.25) is 4.98 Å². The zero-order chi connectivity index (χ0) is 11.4. The molecule has 0 radical (unpaired) electrons. The van der Waals surface area contributed by atoms with Gasteiger partial charge in [0.25, 0.3) is 0 Å². The van der Waals surface area contributed by atoms with Gasteiger partial charge in [-0.05, 0) is 44.2 Å². The number of rotatable bonds is 4. The first-order chi connectivity index (χ1) is 7.78. The van der Waals surface area contributed by atoms with Crippen LogP contribution in [0, 0.1) is 12.8 Å². The molecule has 2 unspecified atom stereocenters. The minimum absolute atomic E-state index is 0.715. The summed E-state index contributed by atoms with van der Waals surface area (Å²) in [4.78, 5) is 4.51. The monoisotopic (exact) mass is 218 g/mol. The highest BCUT2D eigenvalue weighted by molar-refractivity contribution is 5.09. The SMILES string of the molecule is CCC1CCC(NCc2cccc(C)n2)C1. The topological polar surface area (TPSA) is 24.9 Å². The Morgan fingerprint density at radius 1 is 1.38 bits per heavy atom. The van der Waals surface area contributed by atoms with E-state index >= 15 is 0 Å². The van der Waals surface area contributed by atoms with E-state index in [0.29, 0.717) is 6.04 Å². The molecule has 1 fully saturated rings. The van der Waals surface area contributed by atoms with Gasteiger partial charge in [-0.25, -0.2) is 0 Å². The summed E-state index contributed by atoms with van der Waals surface area (Å²) in [6.45, 7) is 5.27. The molecule has 0 aliphatic heterocycles. The molecule has 1 aromatic heterocycles. The van der Waals surface area contributed by atoms with Crippen LogP contribution in [0.1, 0.15) is 44.0 Å². The molecule has 1 saturated carbocycles. The third-order valence-corrected chi connectivity index (χ3v) is 3.64. The van der Waals surface area contributed by atoms with Gasteiger partial charge in [0.1, 0.15) is 0 Å². The third kappa shape index (κ3) is 3.05. The molecule has 2 atom stereocenters. The van der Waals surface area contributed by atoms with Crippen LogP contribution in [0.5, 0.6) is 0 Å². The van der Waals surface area contributed by atoms with Crippen LogP contribution < -0.4 is 5.32 Å². The average molecular weight is 218 g/mol. The highest BCUT2D eigenvalue weighted by Crippen LogP contribution is 2.27. The summed E-state index contributed by atoms with van der Waals surface area (Å²) >= 11 is 0. The molecule has 1 N–H and O–H groups in total. The van der Waals surface area contributed by atoms with Crippen molar-refractivity contribution >= 4 is 0 Å². The number of nitrogens with one attached hydrogen (secondary N) is 1. The van der Waals surface area contributed by atoms with Gasteiger partial charge < -0.3 is 5.32 Å². The first-order valence-electron chi connectivity index (χ1n) is 6.44. The second-order valence-electron chi connectivity index (χ2n) is 4.94. The molecule has 0 aromatic carbocycles. The largest absolute Gasteiger partial charge is 0.308 e.